The van der Waals surface area contributed by atoms with E-state index in [4.69, 9.17) is 8.83 Å². The predicted octanol–water partition coefficient (Wildman–Crippen LogP) is 5.12. The third-order valence-corrected chi connectivity index (χ3v) is 5.62. The van der Waals surface area contributed by atoms with Crippen LogP contribution in [0.25, 0.3) is 23.0 Å². The van der Waals surface area contributed by atoms with E-state index in [9.17, 15) is 4.39 Å². The van der Waals surface area contributed by atoms with E-state index in [1.165, 1.54) is 17.8 Å². The molecule has 4 aromatic rings. The number of aromatic nitrogens is 5. The first-order valence-corrected chi connectivity index (χ1v) is 10.4. The molecule has 0 saturated heterocycles. The highest BCUT2D eigenvalue weighted by Gasteiger charge is 2.31. The summed E-state index contributed by atoms with van der Waals surface area (Å²) < 4.78 is 27.9. The van der Waals surface area contributed by atoms with Crippen LogP contribution in [-0.2, 0) is 5.75 Å². The van der Waals surface area contributed by atoms with Gasteiger partial charge in [0, 0.05) is 6.04 Å². The second-order valence-electron chi connectivity index (χ2n) is 6.28. The second-order valence-corrected chi connectivity index (χ2v) is 8.00. The fourth-order valence-corrected chi connectivity index (χ4v) is 3.98. The van der Waals surface area contributed by atoms with Crippen molar-refractivity contribution in [3.05, 3.63) is 52.8 Å². The van der Waals surface area contributed by atoms with Gasteiger partial charge < -0.3 is 8.83 Å². The minimum atomic E-state index is -0.306. The first-order chi connectivity index (χ1) is 13.7. The van der Waals surface area contributed by atoms with Crippen molar-refractivity contribution < 1.29 is 13.2 Å². The molecule has 1 aliphatic rings. The summed E-state index contributed by atoms with van der Waals surface area (Å²) in [6, 6.07) is 10.4. The fourth-order valence-electron chi connectivity index (χ4n) is 2.83. The van der Waals surface area contributed by atoms with Crippen LogP contribution in [0.1, 0.15) is 24.8 Å². The van der Waals surface area contributed by atoms with E-state index in [0.717, 1.165) is 12.8 Å². The topological polar surface area (TPSA) is 82.8 Å². The van der Waals surface area contributed by atoms with Gasteiger partial charge in [0.2, 0.25) is 5.89 Å². The highest BCUT2D eigenvalue weighted by molar-refractivity contribution is 9.10. The van der Waals surface area contributed by atoms with Gasteiger partial charge in [-0.05, 0) is 53.0 Å². The summed E-state index contributed by atoms with van der Waals surface area (Å²) in [5, 5.41) is 17.3. The summed E-state index contributed by atoms with van der Waals surface area (Å²) in [7, 11) is 0. The van der Waals surface area contributed by atoms with Crippen molar-refractivity contribution in [3.8, 4) is 23.0 Å². The van der Waals surface area contributed by atoms with E-state index in [-0.39, 0.29) is 5.82 Å². The lowest BCUT2D eigenvalue weighted by Gasteiger charge is -2.08. The van der Waals surface area contributed by atoms with Gasteiger partial charge in [0.15, 0.2) is 21.4 Å². The Morgan fingerprint density at radius 3 is 2.68 bits per heavy atom. The number of nitrogens with zero attached hydrogens (tertiary/aromatic N) is 5. The molecule has 1 aromatic carbocycles. The molecule has 0 aliphatic heterocycles. The van der Waals surface area contributed by atoms with Gasteiger partial charge in [0.05, 0.1) is 11.3 Å². The summed E-state index contributed by atoms with van der Waals surface area (Å²) in [5.74, 6) is 1.94. The quantitative estimate of drug-likeness (QED) is 0.368. The van der Waals surface area contributed by atoms with Crippen LogP contribution >= 0.6 is 27.7 Å². The summed E-state index contributed by atoms with van der Waals surface area (Å²) in [5.41, 5.74) is 0.456. The molecule has 0 radical (unpaired) electrons. The fraction of sp³-hybridized carbons (Fsp3) is 0.222. The lowest BCUT2D eigenvalue weighted by Crippen LogP contribution is -2.01. The Kier molecular flexibility index (Phi) is 4.52. The third kappa shape index (κ3) is 3.37. The molecule has 0 atom stereocenters. The maximum Gasteiger partial charge on any atom is 0.283 e. The van der Waals surface area contributed by atoms with Crippen molar-refractivity contribution in [2.75, 3.05) is 0 Å². The first-order valence-electron chi connectivity index (χ1n) is 8.60. The van der Waals surface area contributed by atoms with Gasteiger partial charge in [0.25, 0.3) is 5.89 Å². The molecule has 142 valence electrons. The highest BCUT2D eigenvalue weighted by Crippen LogP contribution is 2.41. The van der Waals surface area contributed by atoms with Gasteiger partial charge in [-0.2, -0.15) is 0 Å². The van der Waals surface area contributed by atoms with Crippen molar-refractivity contribution in [3.63, 3.8) is 0 Å². The standard InChI is InChI=1S/C18H13BrFN5O2S/c19-14-8-7-13(26-14)17-23-21-15(27-17)9-28-18-24-22-16(25(18)10-5-6-10)11-3-1-2-4-12(11)20/h1-4,7-8,10H,5-6,9H2. The van der Waals surface area contributed by atoms with E-state index in [0.29, 0.717) is 50.6 Å². The molecule has 0 unspecified atom stereocenters. The van der Waals surface area contributed by atoms with Crippen molar-refractivity contribution in [2.24, 2.45) is 0 Å². The average Bonchev–Trinajstić information content (AvgIpc) is 3.08. The van der Waals surface area contributed by atoms with E-state index in [1.54, 1.807) is 30.3 Å². The summed E-state index contributed by atoms with van der Waals surface area (Å²) in [4.78, 5) is 0. The molecule has 0 spiro atoms. The van der Waals surface area contributed by atoms with E-state index >= 15 is 0 Å². The third-order valence-electron chi connectivity index (χ3n) is 4.27. The molecule has 1 aliphatic carbocycles. The van der Waals surface area contributed by atoms with Crippen LogP contribution < -0.4 is 0 Å². The Bertz CT molecular complexity index is 1140. The monoisotopic (exact) mass is 461 g/mol. The molecule has 10 heteroatoms. The molecule has 0 bridgehead atoms. The number of hydrogen-bond acceptors (Lipinski definition) is 7. The van der Waals surface area contributed by atoms with Gasteiger partial charge >= 0.3 is 0 Å². The van der Waals surface area contributed by atoms with Crippen LogP contribution in [0.3, 0.4) is 0 Å². The molecular weight excluding hydrogens is 449 g/mol. The zero-order chi connectivity index (χ0) is 19.1. The molecule has 3 heterocycles. The minimum Gasteiger partial charge on any atom is -0.444 e. The normalized spacial score (nSPS) is 13.9. The second kappa shape index (κ2) is 7.17. The number of benzene rings is 1. The molecule has 28 heavy (non-hydrogen) atoms. The van der Waals surface area contributed by atoms with Crippen LogP contribution in [0.15, 0.2) is 55.1 Å². The number of thioether (sulfide) groups is 1. The Morgan fingerprint density at radius 1 is 1.07 bits per heavy atom. The van der Waals surface area contributed by atoms with Crippen molar-refractivity contribution in [1.29, 1.82) is 0 Å². The number of hydrogen-bond donors (Lipinski definition) is 0. The Hall–Kier alpha value is -2.46. The van der Waals surface area contributed by atoms with E-state index in [2.05, 4.69) is 36.3 Å². The van der Waals surface area contributed by atoms with Gasteiger partial charge in [-0.1, -0.05) is 23.9 Å². The van der Waals surface area contributed by atoms with Crippen LogP contribution in [0.4, 0.5) is 4.39 Å². The number of rotatable bonds is 6. The Morgan fingerprint density at radius 2 is 1.93 bits per heavy atom. The molecule has 0 N–H and O–H groups in total. The molecule has 3 aromatic heterocycles. The van der Waals surface area contributed by atoms with Gasteiger partial charge in [0.1, 0.15) is 5.82 Å². The zero-order valence-electron chi connectivity index (χ0n) is 14.4. The molecule has 5 rings (SSSR count). The zero-order valence-corrected chi connectivity index (χ0v) is 16.8. The van der Waals surface area contributed by atoms with E-state index in [1.807, 2.05) is 4.57 Å². The van der Waals surface area contributed by atoms with Crippen LogP contribution in [0.5, 0.6) is 0 Å². The first kappa shape index (κ1) is 17.6. The molecule has 1 fully saturated rings. The lowest BCUT2D eigenvalue weighted by molar-refractivity contribution is 0.486. The summed E-state index contributed by atoms with van der Waals surface area (Å²) in [6.45, 7) is 0. The molecule has 0 amide bonds. The van der Waals surface area contributed by atoms with Gasteiger partial charge in [-0.15, -0.1) is 20.4 Å². The van der Waals surface area contributed by atoms with Gasteiger partial charge in [-0.25, -0.2) is 4.39 Å². The van der Waals surface area contributed by atoms with Crippen molar-refractivity contribution in [1.82, 2.24) is 25.0 Å². The maximum atomic E-state index is 14.2. The Balaban J connectivity index is 1.38. The SMILES string of the molecule is Fc1ccccc1-c1nnc(SCc2nnc(-c3ccc(Br)o3)o2)n1C1CC1. The summed E-state index contributed by atoms with van der Waals surface area (Å²) >= 11 is 4.68. The summed E-state index contributed by atoms with van der Waals surface area (Å²) in [6.07, 6.45) is 2.07. The highest BCUT2D eigenvalue weighted by atomic mass is 79.9. The maximum absolute atomic E-state index is 14.2. The number of halogens is 2. The molecule has 7 nitrogen and oxygen atoms in total. The number of furan rings is 1. The van der Waals surface area contributed by atoms with Gasteiger partial charge in [-0.3, -0.25) is 4.57 Å². The van der Waals surface area contributed by atoms with Crippen LogP contribution in [0, 0.1) is 5.82 Å². The molecular formula is C18H13BrFN5O2S. The molecule has 1 saturated carbocycles. The van der Waals surface area contributed by atoms with Crippen molar-refractivity contribution in [2.45, 2.75) is 29.8 Å². The van der Waals surface area contributed by atoms with Crippen molar-refractivity contribution >= 4 is 27.7 Å². The van der Waals surface area contributed by atoms with E-state index < -0.39 is 0 Å². The average molecular weight is 462 g/mol. The minimum absolute atomic E-state index is 0.297. The van der Waals surface area contributed by atoms with Crippen LogP contribution in [-0.4, -0.2) is 25.0 Å². The van der Waals surface area contributed by atoms with Crippen LogP contribution in [0.2, 0.25) is 0 Å². The Labute approximate surface area is 171 Å². The largest absolute Gasteiger partial charge is 0.444 e. The predicted molar refractivity (Wildman–Crippen MR) is 103 cm³/mol. The smallest absolute Gasteiger partial charge is 0.283 e. The lowest BCUT2D eigenvalue weighted by atomic mass is 10.2.